The van der Waals surface area contributed by atoms with Gasteiger partial charge >= 0.3 is 0 Å². The Labute approximate surface area is 100 Å². The van der Waals surface area contributed by atoms with Gasteiger partial charge in [-0.05, 0) is 24.1 Å². The third-order valence-corrected chi connectivity index (χ3v) is 3.11. The molecule has 0 saturated heterocycles. The van der Waals surface area contributed by atoms with Crippen LogP contribution < -0.4 is 5.73 Å². The number of nitrogen functional groups attached to an aromatic ring is 1. The number of anilines is 1. The topological polar surface area (TPSA) is 51.8 Å². The van der Waals surface area contributed by atoms with Gasteiger partial charge in [-0.25, -0.2) is 9.97 Å². The predicted molar refractivity (Wildman–Crippen MR) is 70.5 cm³/mol. The third-order valence-electron chi connectivity index (χ3n) is 1.92. The van der Waals surface area contributed by atoms with Crippen LogP contribution in [0.3, 0.4) is 0 Å². The van der Waals surface area contributed by atoms with E-state index in [1.54, 1.807) is 17.5 Å². The molecule has 0 atom stereocenters. The fourth-order valence-electron chi connectivity index (χ4n) is 1.21. The summed E-state index contributed by atoms with van der Waals surface area (Å²) in [5.74, 6) is 0.550. The molecule has 3 nitrogen and oxygen atoms in total. The highest BCUT2D eigenvalue weighted by atomic mass is 32.1. The van der Waals surface area contributed by atoms with E-state index in [0.29, 0.717) is 5.82 Å². The van der Waals surface area contributed by atoms with Gasteiger partial charge in [0.2, 0.25) is 0 Å². The van der Waals surface area contributed by atoms with E-state index < -0.39 is 0 Å². The zero-order valence-corrected chi connectivity index (χ0v) is 10.7. The van der Waals surface area contributed by atoms with Crippen LogP contribution in [-0.2, 0) is 6.42 Å². The number of aromatic nitrogens is 2. The summed E-state index contributed by atoms with van der Waals surface area (Å²) in [4.78, 5) is 9.40. The third kappa shape index (κ3) is 3.03. The van der Waals surface area contributed by atoms with Gasteiger partial charge in [0.15, 0.2) is 0 Å². The highest BCUT2D eigenvalue weighted by Crippen LogP contribution is 2.26. The van der Waals surface area contributed by atoms with Crippen LogP contribution in [-0.4, -0.2) is 9.97 Å². The maximum atomic E-state index is 5.61. The number of pyridine rings is 1. The molecule has 0 spiro atoms. The number of hydrogen-bond donors (Lipinski definition) is 1. The van der Waals surface area contributed by atoms with Crippen molar-refractivity contribution in [3.05, 3.63) is 29.5 Å². The second kappa shape index (κ2) is 6.23. The van der Waals surface area contributed by atoms with Gasteiger partial charge < -0.3 is 5.73 Å². The highest BCUT2D eigenvalue weighted by Gasteiger charge is 2.03. The summed E-state index contributed by atoms with van der Waals surface area (Å²) in [6, 6.07) is 3.82. The summed E-state index contributed by atoms with van der Waals surface area (Å²) < 4.78 is 0. The Balaban J connectivity index is 0.000000606. The zero-order valence-electron chi connectivity index (χ0n) is 9.90. The fourth-order valence-corrected chi connectivity index (χ4v) is 2.06. The first-order chi connectivity index (χ1) is 7.79. The molecule has 0 fully saturated rings. The van der Waals surface area contributed by atoms with Gasteiger partial charge in [0.05, 0.1) is 9.88 Å². The van der Waals surface area contributed by atoms with Gasteiger partial charge in [0.1, 0.15) is 5.82 Å². The Kier molecular flexibility index (Phi) is 4.92. The summed E-state index contributed by atoms with van der Waals surface area (Å²) in [5, 5.41) is 1.15. The molecular formula is C12H17N3S. The van der Waals surface area contributed by atoms with E-state index in [9.17, 15) is 0 Å². The average Bonchev–Trinajstić information content (AvgIpc) is 2.80. The van der Waals surface area contributed by atoms with Crippen LogP contribution in [0.2, 0.25) is 0 Å². The molecule has 0 bridgehead atoms. The molecule has 0 amide bonds. The molecule has 2 aromatic rings. The molecule has 0 aliphatic rings. The number of rotatable bonds is 2. The van der Waals surface area contributed by atoms with Gasteiger partial charge in [-0.3, -0.25) is 0 Å². The Morgan fingerprint density at radius 1 is 1.31 bits per heavy atom. The summed E-state index contributed by atoms with van der Waals surface area (Å²) in [7, 11) is 0. The van der Waals surface area contributed by atoms with Gasteiger partial charge in [0, 0.05) is 12.4 Å². The molecule has 0 saturated carbocycles. The number of nitrogens with two attached hydrogens (primary N) is 1. The average molecular weight is 235 g/mol. The van der Waals surface area contributed by atoms with Crippen LogP contribution >= 0.6 is 11.3 Å². The lowest BCUT2D eigenvalue weighted by atomic mass is 10.2. The molecule has 0 aliphatic carbocycles. The van der Waals surface area contributed by atoms with Gasteiger partial charge in [-0.1, -0.05) is 20.8 Å². The number of hydrogen-bond acceptors (Lipinski definition) is 4. The van der Waals surface area contributed by atoms with Crippen LogP contribution in [0.5, 0.6) is 0 Å². The maximum Gasteiger partial charge on any atom is 0.123 e. The normalized spacial score (nSPS) is 9.44. The highest BCUT2D eigenvalue weighted by molar-refractivity contribution is 7.15. The molecule has 0 unspecified atom stereocenters. The van der Waals surface area contributed by atoms with Crippen molar-refractivity contribution < 1.29 is 0 Å². The second-order valence-electron chi connectivity index (χ2n) is 2.94. The van der Waals surface area contributed by atoms with Crippen molar-refractivity contribution in [1.82, 2.24) is 9.97 Å². The summed E-state index contributed by atoms with van der Waals surface area (Å²) >= 11 is 1.70. The minimum atomic E-state index is 0.550. The lowest BCUT2D eigenvalue weighted by Crippen LogP contribution is -1.88. The van der Waals surface area contributed by atoms with Crippen LogP contribution in [0.15, 0.2) is 24.5 Å². The van der Waals surface area contributed by atoms with E-state index in [1.807, 2.05) is 32.2 Å². The van der Waals surface area contributed by atoms with E-state index in [1.165, 1.54) is 0 Å². The minimum absolute atomic E-state index is 0.550. The first-order valence-corrected chi connectivity index (χ1v) is 6.28. The van der Waals surface area contributed by atoms with Crippen molar-refractivity contribution in [2.24, 2.45) is 0 Å². The Morgan fingerprint density at radius 2 is 2.06 bits per heavy atom. The van der Waals surface area contributed by atoms with E-state index in [4.69, 9.17) is 5.73 Å². The molecule has 2 N–H and O–H groups in total. The summed E-state index contributed by atoms with van der Waals surface area (Å²) in [6.45, 7) is 6.10. The van der Waals surface area contributed by atoms with Crippen molar-refractivity contribution in [2.45, 2.75) is 27.2 Å². The number of aryl methyl sites for hydroxylation is 1. The van der Waals surface area contributed by atoms with E-state index in [-0.39, 0.29) is 0 Å². The van der Waals surface area contributed by atoms with Crippen LogP contribution in [0.4, 0.5) is 5.82 Å². The predicted octanol–water partition coefficient (Wildman–Crippen LogP) is 3.38. The van der Waals surface area contributed by atoms with E-state index in [2.05, 4.69) is 16.9 Å². The fraction of sp³-hybridized carbons (Fsp3) is 0.333. The molecule has 2 heterocycles. The Morgan fingerprint density at radius 3 is 2.62 bits per heavy atom. The largest absolute Gasteiger partial charge is 0.384 e. The van der Waals surface area contributed by atoms with Crippen molar-refractivity contribution in [2.75, 3.05) is 5.73 Å². The van der Waals surface area contributed by atoms with E-state index in [0.717, 1.165) is 21.9 Å². The molecular weight excluding hydrogens is 218 g/mol. The molecule has 2 rings (SSSR count). The van der Waals surface area contributed by atoms with Gasteiger partial charge in [-0.2, -0.15) is 0 Å². The number of nitrogens with zero attached hydrogens (tertiary/aromatic N) is 2. The standard InChI is InChI=1S/C10H11N3S.C2H6/c1-2-10-13-6-8(14-10)7-3-4-12-9(11)5-7;1-2/h3-6H,2H2,1H3,(H2,11,12);1-2H3. The lowest BCUT2D eigenvalue weighted by molar-refractivity contribution is 1.09. The molecule has 86 valence electrons. The summed E-state index contributed by atoms with van der Waals surface area (Å²) in [5.41, 5.74) is 6.70. The second-order valence-corrected chi connectivity index (χ2v) is 4.06. The SMILES string of the molecule is CC.CCc1ncc(-c2ccnc(N)c2)s1. The summed E-state index contributed by atoms with van der Waals surface area (Å²) in [6.07, 6.45) is 4.58. The van der Waals surface area contributed by atoms with E-state index >= 15 is 0 Å². The van der Waals surface area contributed by atoms with Gasteiger partial charge in [0.25, 0.3) is 0 Å². The van der Waals surface area contributed by atoms with Gasteiger partial charge in [-0.15, -0.1) is 11.3 Å². The van der Waals surface area contributed by atoms with Crippen LogP contribution in [0, 0.1) is 0 Å². The van der Waals surface area contributed by atoms with Crippen LogP contribution in [0.25, 0.3) is 10.4 Å². The molecule has 2 aromatic heterocycles. The minimum Gasteiger partial charge on any atom is -0.384 e. The molecule has 16 heavy (non-hydrogen) atoms. The lowest BCUT2D eigenvalue weighted by Gasteiger charge is -1.96. The van der Waals surface area contributed by atoms with Crippen molar-refractivity contribution >= 4 is 17.2 Å². The molecule has 0 aromatic carbocycles. The smallest absolute Gasteiger partial charge is 0.123 e. The first kappa shape index (κ1) is 12.6. The Bertz CT molecular complexity index is 437. The molecule has 0 aliphatic heterocycles. The number of thiazole rings is 1. The molecule has 4 heteroatoms. The van der Waals surface area contributed by atoms with Crippen LogP contribution in [0.1, 0.15) is 25.8 Å². The van der Waals surface area contributed by atoms with Crippen molar-refractivity contribution in [1.29, 1.82) is 0 Å². The monoisotopic (exact) mass is 235 g/mol. The molecule has 0 radical (unpaired) electrons. The van der Waals surface area contributed by atoms with Crippen molar-refractivity contribution in [3.63, 3.8) is 0 Å². The Hall–Kier alpha value is -1.42. The maximum absolute atomic E-state index is 5.61. The van der Waals surface area contributed by atoms with Crippen molar-refractivity contribution in [3.8, 4) is 10.4 Å². The quantitative estimate of drug-likeness (QED) is 0.868. The first-order valence-electron chi connectivity index (χ1n) is 5.46. The zero-order chi connectivity index (χ0) is 12.0.